The first kappa shape index (κ1) is 107. The summed E-state index contributed by atoms with van der Waals surface area (Å²) in [5.74, 6) is -1.86. The van der Waals surface area contributed by atoms with E-state index in [0.717, 1.165) is 11.1 Å². The smallest absolute Gasteiger partial charge is 0.451 e. The Labute approximate surface area is 607 Å². The average Bonchev–Trinajstić information content (AvgIpc) is 0.935. The van der Waals surface area contributed by atoms with Gasteiger partial charge in [0.25, 0.3) is 5.78 Å². The second-order valence-corrected chi connectivity index (χ2v) is 30.3. The van der Waals surface area contributed by atoms with Crippen LogP contribution in [0.3, 0.4) is 0 Å². The first-order chi connectivity index (χ1) is 42.8. The fraction of sp³-hybridized carbons (Fsp3) is 0.643. The molecule has 0 heterocycles. The van der Waals surface area contributed by atoms with Crippen molar-refractivity contribution < 1.29 is 107 Å². The number of likely N-dealkylation sites (N-methyl/N-ethyl adjacent to an activating group) is 6. The summed E-state index contributed by atoms with van der Waals surface area (Å²) in [5, 5.41) is 16.8. The quantitative estimate of drug-likeness (QED) is 0.0217. The molecule has 3 aromatic rings. The average molecular weight is 1480 g/mol. The van der Waals surface area contributed by atoms with Gasteiger partial charge >= 0.3 is 30.1 Å². The molecule has 0 atom stereocenters. The number of carbonyl (C=O) groups excluding carboxylic acids is 7. The second kappa shape index (κ2) is 51.6. The minimum atomic E-state index is -4.76. The molecule has 1 radical (unpaired) electrons. The number of ether oxygens (including phenoxy) is 4. The van der Waals surface area contributed by atoms with Crippen molar-refractivity contribution >= 4 is 63.7 Å². The Morgan fingerprint density at radius 1 is 0.510 bits per heavy atom. The first-order valence-corrected chi connectivity index (χ1v) is 33.0. The Kier molecular flexibility index (Phi) is 57.7. The topological polar surface area (TPSA) is 289 Å². The molecule has 0 bridgehead atoms. The minimum absolute atomic E-state index is 0. The van der Waals surface area contributed by atoms with Gasteiger partial charge in [0.15, 0.2) is 5.78 Å². The van der Waals surface area contributed by atoms with Crippen molar-refractivity contribution in [2.45, 2.75) is 227 Å². The van der Waals surface area contributed by atoms with E-state index in [1.807, 2.05) is 153 Å². The number of carbonyl (C=O) groups is 7. The molecule has 555 valence electrons. The minimum Gasteiger partial charge on any atom is -0.468 e. The summed E-state index contributed by atoms with van der Waals surface area (Å²) in [6.07, 6.45) is -2.63. The van der Waals surface area contributed by atoms with Crippen LogP contribution >= 0.6 is 11.8 Å². The van der Waals surface area contributed by atoms with Gasteiger partial charge in [0.05, 0.1) is 29.6 Å². The Balaban J connectivity index is -0.000000152. The molecule has 0 unspecified atom stereocenters. The standard InChI is InChI=1S/C11H15NO2.C11H15NO.C11H14O2.C9H19NO2.C6H10F3NO.C6H13NO2.C6H13NO.C5H12S.C4H9O2S.CH5N.Y/c1-11(2,12-3)10(13)14-9-7-5-4-6-8-9;1-11(2,12-3)10(13)9-7-5-4-6-8-9;1-9(2)11(12)13-8-10-6-4-3-5-7-10;1-8(2,3)12-7(11)9(4,5)10-6;1-5(2,10-3)4(11)6(7,8)9;1-6(2,7-3)5(8)9-4;1-5(8)6(2,3)7-4;1-5(2,3)6-4;1-4(2,3)7(5)6;1-2;/h4-8,12H,1-3H3;4-8,12H,1-3H3;3-7,9H,8H2,1-2H3;10H,1-6H3;10H,1-3H3;7H,1-4H3;7H,1-4H3;1-4H3;1-3H3;2H2,1H3;/q;;;;;;;;-1;;. The van der Waals surface area contributed by atoms with E-state index in [1.165, 1.54) is 35.1 Å². The predicted molar refractivity (Wildman–Crippen MR) is 384 cm³/mol. The molecule has 20 nitrogen and oxygen atoms in total. The maximum atomic E-state index is 11.8. The van der Waals surface area contributed by atoms with Crippen molar-refractivity contribution in [2.24, 2.45) is 11.7 Å². The number of nitrogens with two attached hydrogens (primary N) is 1. The van der Waals surface area contributed by atoms with Gasteiger partial charge in [-0.2, -0.15) is 24.9 Å². The van der Waals surface area contributed by atoms with E-state index in [9.17, 15) is 55.2 Å². The number of rotatable bonds is 17. The van der Waals surface area contributed by atoms with Crippen molar-refractivity contribution in [3.8, 4) is 5.75 Å². The first-order valence-electron chi connectivity index (χ1n) is 30.7. The van der Waals surface area contributed by atoms with Crippen LogP contribution in [0, 0.1) is 5.92 Å². The number of para-hydroxylation sites is 1. The second-order valence-electron chi connectivity index (χ2n) is 26.9. The summed E-state index contributed by atoms with van der Waals surface area (Å²) in [4.78, 5) is 77.9. The largest absolute Gasteiger partial charge is 0.468 e. The third kappa shape index (κ3) is 55.4. The predicted octanol–water partition coefficient (Wildman–Crippen LogP) is 11.8. The van der Waals surface area contributed by atoms with Crippen molar-refractivity contribution in [3.05, 3.63) is 102 Å². The number of halogens is 3. The summed E-state index contributed by atoms with van der Waals surface area (Å²) < 4.78 is 75.1. The SMILES string of the molecule is CC(C)(C)[S-](=O)=O.CC(C)C(=O)OCc1ccccc1.CN.CNC(C)(C)C(=O)C(F)(F)F.CNC(C)(C)C(=O)OC.CNC(C)(C)C(=O)OC(C)(C)C.CNC(C)(C)C(=O)Oc1ccccc1.CNC(C)(C)C(=O)c1ccccc1.CNC(C)(C)C(C)=O.CSC(C)(C)C.[Y]. The van der Waals surface area contributed by atoms with Crippen LogP contribution in [0.5, 0.6) is 5.75 Å². The number of esters is 4. The van der Waals surface area contributed by atoms with E-state index in [-0.39, 0.29) is 79.6 Å². The summed E-state index contributed by atoms with van der Waals surface area (Å²) in [6, 6.07) is 28.0. The van der Waals surface area contributed by atoms with E-state index in [4.69, 9.17) is 14.2 Å². The van der Waals surface area contributed by atoms with Crippen LogP contribution in [-0.2, 0) is 101 Å². The molecule has 0 aliphatic rings. The normalized spacial score (nSPS) is 11.4. The van der Waals surface area contributed by atoms with Crippen LogP contribution in [-0.4, -0.2) is 158 Å². The monoisotopic (exact) mass is 1480 g/mol. The number of methoxy groups -OCH3 is 1. The molecule has 8 N–H and O–H groups in total. The van der Waals surface area contributed by atoms with Gasteiger partial charge in [-0.1, -0.05) is 150 Å². The molecule has 26 heteroatoms. The van der Waals surface area contributed by atoms with E-state index < -0.39 is 60.7 Å². The number of ketones is 3. The van der Waals surface area contributed by atoms with Crippen LogP contribution < -0.4 is 42.4 Å². The number of alkyl halides is 3. The zero-order valence-corrected chi connectivity index (χ0v) is 68.8. The number of benzene rings is 3. The Hall–Kier alpha value is -4.54. The maximum Gasteiger partial charge on any atom is 0.451 e. The van der Waals surface area contributed by atoms with Crippen LogP contribution in [0.4, 0.5) is 13.2 Å². The summed E-state index contributed by atoms with van der Waals surface area (Å²) in [6.45, 7) is 43.2. The van der Waals surface area contributed by atoms with Crippen molar-refractivity contribution in [1.82, 2.24) is 31.9 Å². The summed E-state index contributed by atoms with van der Waals surface area (Å²) in [7, 11) is 11.0. The van der Waals surface area contributed by atoms with Gasteiger partial charge in [0.1, 0.15) is 40.4 Å². The van der Waals surface area contributed by atoms with Gasteiger partial charge in [0.2, 0.25) is 0 Å². The van der Waals surface area contributed by atoms with Gasteiger partial charge in [-0.15, -0.1) is 0 Å². The summed E-state index contributed by atoms with van der Waals surface area (Å²) >= 11 is 1.88. The molecular formula is C70H125F3N7O13S2Y-. The van der Waals surface area contributed by atoms with Gasteiger partial charge in [0, 0.05) is 43.0 Å². The van der Waals surface area contributed by atoms with Crippen LogP contribution in [0.1, 0.15) is 182 Å². The number of thioether (sulfide) groups is 1. The van der Waals surface area contributed by atoms with Crippen LogP contribution in [0.25, 0.3) is 0 Å². The molecule has 0 aromatic heterocycles. The molecule has 3 rings (SSSR count). The fourth-order valence-corrected chi connectivity index (χ4v) is 4.29. The van der Waals surface area contributed by atoms with E-state index in [2.05, 4.69) is 69.4 Å². The molecule has 0 saturated heterocycles. The molecule has 0 fully saturated rings. The van der Waals surface area contributed by atoms with Gasteiger partial charge in [-0.3, -0.25) is 28.8 Å². The number of hydrogen-bond acceptors (Lipinski definition) is 22. The fourth-order valence-electron chi connectivity index (χ4n) is 4.29. The van der Waals surface area contributed by atoms with Gasteiger partial charge < -0.3 is 65.0 Å². The number of Topliss-reactive ketones (excluding diaryl/α,β-unsaturated/α-hetero) is 3. The Bertz CT molecular complexity index is 2690. The van der Waals surface area contributed by atoms with E-state index >= 15 is 0 Å². The van der Waals surface area contributed by atoms with Crippen LogP contribution in [0.15, 0.2) is 91.0 Å². The number of hydrogen-bond donors (Lipinski definition) is 7. The van der Waals surface area contributed by atoms with Crippen molar-refractivity contribution in [3.63, 3.8) is 0 Å². The van der Waals surface area contributed by atoms with Gasteiger partial charge in [-0.05, 0) is 184 Å². The Morgan fingerprint density at radius 3 is 1.06 bits per heavy atom. The zero-order chi connectivity index (χ0) is 77.0. The molecule has 96 heavy (non-hydrogen) atoms. The van der Waals surface area contributed by atoms with Crippen LogP contribution in [0.2, 0.25) is 0 Å². The third-order valence-electron chi connectivity index (χ3n) is 12.9. The molecule has 0 spiro atoms. The van der Waals surface area contributed by atoms with Crippen molar-refractivity contribution in [2.75, 3.05) is 62.7 Å². The Morgan fingerprint density at radius 2 is 0.823 bits per heavy atom. The molecule has 0 aliphatic carbocycles. The molecule has 3 aromatic carbocycles. The van der Waals surface area contributed by atoms with Crippen molar-refractivity contribution in [1.29, 1.82) is 0 Å². The van der Waals surface area contributed by atoms with E-state index in [0.29, 0.717) is 17.1 Å². The summed E-state index contributed by atoms with van der Waals surface area (Å²) in [5.41, 5.74) is 1.68. The number of nitrogens with one attached hydrogen (secondary N) is 6. The van der Waals surface area contributed by atoms with Gasteiger partial charge in [-0.25, -0.2) is 4.79 Å². The molecular weight excluding hydrogens is 1360 g/mol. The molecule has 0 aliphatic heterocycles. The zero-order valence-electron chi connectivity index (χ0n) is 64.4. The molecule has 0 saturated carbocycles. The molecule has 0 amide bonds. The van der Waals surface area contributed by atoms with E-state index in [1.54, 1.807) is 117 Å². The third-order valence-corrected chi connectivity index (χ3v) is 15.2. The maximum absolute atomic E-state index is 11.8.